The van der Waals surface area contributed by atoms with Crippen LogP contribution >= 0.6 is 0 Å². The van der Waals surface area contributed by atoms with Crippen LogP contribution in [0.1, 0.15) is 18.1 Å². The average molecular weight is 335 g/mol. The first kappa shape index (κ1) is 16.8. The van der Waals surface area contributed by atoms with Crippen molar-refractivity contribution in [3.63, 3.8) is 0 Å². The van der Waals surface area contributed by atoms with Crippen LogP contribution in [0.2, 0.25) is 0 Å². The molecule has 0 aliphatic rings. The molecule has 0 aliphatic carbocycles. The molecule has 2 aromatic carbocycles. The maximum atomic E-state index is 12.4. The van der Waals surface area contributed by atoms with Crippen molar-refractivity contribution < 1.29 is 9.53 Å². The number of aryl methyl sites for hydroxylation is 1. The van der Waals surface area contributed by atoms with Crippen molar-refractivity contribution in [1.29, 1.82) is 0 Å². The third-order valence-corrected chi connectivity index (χ3v) is 3.81. The van der Waals surface area contributed by atoms with Gasteiger partial charge in [0, 0.05) is 6.07 Å². The highest BCUT2D eigenvalue weighted by molar-refractivity contribution is 5.93. The summed E-state index contributed by atoms with van der Waals surface area (Å²) in [5.74, 6) is 1.12. The lowest BCUT2D eigenvalue weighted by Gasteiger charge is -2.15. The van der Waals surface area contributed by atoms with Gasteiger partial charge in [-0.2, -0.15) is 5.10 Å². The Kier molecular flexibility index (Phi) is 5.14. The Morgan fingerprint density at radius 2 is 1.96 bits per heavy atom. The first-order valence-corrected chi connectivity index (χ1v) is 8.22. The van der Waals surface area contributed by atoms with Gasteiger partial charge in [-0.3, -0.25) is 4.79 Å². The molecule has 1 amide bonds. The van der Waals surface area contributed by atoms with Crippen LogP contribution in [0.4, 0.5) is 5.82 Å². The molecule has 0 radical (unpaired) electrons. The van der Waals surface area contributed by atoms with Crippen molar-refractivity contribution in [1.82, 2.24) is 9.78 Å². The Morgan fingerprint density at radius 3 is 2.72 bits per heavy atom. The number of aromatic nitrogens is 2. The molecular weight excluding hydrogens is 314 g/mol. The second-order valence-corrected chi connectivity index (χ2v) is 5.93. The highest BCUT2D eigenvalue weighted by Crippen LogP contribution is 2.16. The molecule has 1 N–H and O–H groups in total. The summed E-state index contributed by atoms with van der Waals surface area (Å²) in [5.41, 5.74) is 2.21. The molecule has 25 heavy (non-hydrogen) atoms. The standard InChI is InChI=1S/C20H21N3O2/c1-15-7-6-10-18(13-15)25-16(2)20(24)22-19-11-12-21-23(19)14-17-8-4-3-5-9-17/h3-13,16H,14H2,1-2H3,(H,22,24). The van der Waals surface area contributed by atoms with E-state index in [4.69, 9.17) is 4.74 Å². The smallest absolute Gasteiger partial charge is 0.266 e. The zero-order chi connectivity index (χ0) is 17.6. The van der Waals surface area contributed by atoms with Crippen LogP contribution in [-0.4, -0.2) is 21.8 Å². The molecule has 0 aliphatic heterocycles. The van der Waals surface area contributed by atoms with Gasteiger partial charge in [-0.1, -0.05) is 42.5 Å². The number of anilines is 1. The second-order valence-electron chi connectivity index (χ2n) is 5.93. The maximum absolute atomic E-state index is 12.4. The fourth-order valence-corrected chi connectivity index (χ4v) is 2.50. The molecule has 1 aromatic heterocycles. The van der Waals surface area contributed by atoms with E-state index in [-0.39, 0.29) is 5.91 Å². The maximum Gasteiger partial charge on any atom is 0.266 e. The lowest BCUT2D eigenvalue weighted by molar-refractivity contribution is -0.122. The molecule has 0 spiro atoms. The summed E-state index contributed by atoms with van der Waals surface area (Å²) in [4.78, 5) is 12.4. The molecular formula is C20H21N3O2. The van der Waals surface area contributed by atoms with Gasteiger partial charge >= 0.3 is 0 Å². The molecule has 1 atom stereocenters. The highest BCUT2D eigenvalue weighted by Gasteiger charge is 2.17. The molecule has 1 heterocycles. The molecule has 0 fully saturated rings. The van der Waals surface area contributed by atoms with Gasteiger partial charge in [0.15, 0.2) is 6.10 Å². The number of nitrogens with one attached hydrogen (secondary N) is 1. The van der Waals surface area contributed by atoms with E-state index in [2.05, 4.69) is 10.4 Å². The lowest BCUT2D eigenvalue weighted by atomic mass is 10.2. The molecule has 3 rings (SSSR count). The summed E-state index contributed by atoms with van der Waals surface area (Å²) in [7, 11) is 0. The first-order valence-electron chi connectivity index (χ1n) is 8.22. The minimum atomic E-state index is -0.609. The zero-order valence-electron chi connectivity index (χ0n) is 14.3. The van der Waals surface area contributed by atoms with E-state index in [9.17, 15) is 4.79 Å². The number of hydrogen-bond donors (Lipinski definition) is 1. The average Bonchev–Trinajstić information content (AvgIpc) is 3.02. The van der Waals surface area contributed by atoms with Crippen LogP contribution in [0.3, 0.4) is 0 Å². The number of carbonyl (C=O) groups is 1. The third-order valence-electron chi connectivity index (χ3n) is 3.81. The predicted molar refractivity (Wildman–Crippen MR) is 97.7 cm³/mol. The van der Waals surface area contributed by atoms with Gasteiger partial charge in [0.05, 0.1) is 12.7 Å². The normalized spacial score (nSPS) is 11.8. The van der Waals surface area contributed by atoms with E-state index in [0.29, 0.717) is 18.1 Å². The first-order chi connectivity index (χ1) is 12.1. The van der Waals surface area contributed by atoms with Crippen molar-refractivity contribution in [3.8, 4) is 5.75 Å². The molecule has 128 valence electrons. The second kappa shape index (κ2) is 7.66. The number of benzene rings is 2. The Bertz CT molecular complexity index is 843. The Balaban J connectivity index is 1.64. The number of nitrogens with zero attached hydrogens (tertiary/aromatic N) is 2. The fraction of sp³-hybridized carbons (Fsp3) is 0.200. The van der Waals surface area contributed by atoms with Crippen LogP contribution in [0.15, 0.2) is 66.9 Å². The van der Waals surface area contributed by atoms with Crippen molar-refractivity contribution in [2.45, 2.75) is 26.5 Å². The van der Waals surface area contributed by atoms with Crippen LogP contribution in [0.5, 0.6) is 5.75 Å². The van der Waals surface area contributed by atoms with Crippen LogP contribution in [0.25, 0.3) is 0 Å². The van der Waals surface area contributed by atoms with Crippen molar-refractivity contribution >= 4 is 11.7 Å². The van der Waals surface area contributed by atoms with Crippen LogP contribution in [0, 0.1) is 6.92 Å². The molecule has 1 unspecified atom stereocenters. The summed E-state index contributed by atoms with van der Waals surface area (Å²) in [6.07, 6.45) is 1.06. The monoisotopic (exact) mass is 335 g/mol. The number of amides is 1. The van der Waals surface area contributed by atoms with E-state index in [1.54, 1.807) is 23.9 Å². The molecule has 3 aromatic rings. The Morgan fingerprint density at radius 1 is 1.16 bits per heavy atom. The van der Waals surface area contributed by atoms with Crippen LogP contribution in [-0.2, 0) is 11.3 Å². The largest absolute Gasteiger partial charge is 0.481 e. The molecule has 0 saturated heterocycles. The van der Waals surface area contributed by atoms with Gasteiger partial charge in [-0.15, -0.1) is 0 Å². The van der Waals surface area contributed by atoms with Crippen LogP contribution < -0.4 is 10.1 Å². The van der Waals surface area contributed by atoms with Crippen molar-refractivity contribution in [3.05, 3.63) is 78.0 Å². The van der Waals surface area contributed by atoms with E-state index >= 15 is 0 Å². The van der Waals surface area contributed by atoms with Gasteiger partial charge in [-0.05, 0) is 37.1 Å². The Labute approximate surface area is 147 Å². The zero-order valence-corrected chi connectivity index (χ0v) is 14.3. The van der Waals surface area contributed by atoms with E-state index in [1.165, 1.54) is 0 Å². The number of carbonyl (C=O) groups excluding carboxylic acids is 1. The summed E-state index contributed by atoms with van der Waals surface area (Å²) < 4.78 is 7.48. The summed E-state index contributed by atoms with van der Waals surface area (Å²) in [6.45, 7) is 4.31. The number of rotatable bonds is 6. The molecule has 0 bridgehead atoms. The fourth-order valence-electron chi connectivity index (χ4n) is 2.50. The van der Waals surface area contributed by atoms with Gasteiger partial charge in [-0.25, -0.2) is 4.68 Å². The molecule has 5 nitrogen and oxygen atoms in total. The molecule has 5 heteroatoms. The predicted octanol–water partition coefficient (Wildman–Crippen LogP) is 3.65. The van der Waals surface area contributed by atoms with Crippen molar-refractivity contribution in [2.75, 3.05) is 5.32 Å². The highest BCUT2D eigenvalue weighted by atomic mass is 16.5. The summed E-state index contributed by atoms with van der Waals surface area (Å²) >= 11 is 0. The SMILES string of the molecule is Cc1cccc(OC(C)C(=O)Nc2ccnn2Cc2ccccc2)c1. The number of ether oxygens (including phenoxy) is 1. The van der Waals surface area contributed by atoms with E-state index in [1.807, 2.05) is 61.5 Å². The quantitative estimate of drug-likeness (QED) is 0.748. The topological polar surface area (TPSA) is 56.1 Å². The van der Waals surface area contributed by atoms with E-state index < -0.39 is 6.10 Å². The summed E-state index contributed by atoms with van der Waals surface area (Å²) in [6, 6.07) is 19.4. The Hall–Kier alpha value is -3.08. The van der Waals surface area contributed by atoms with Gasteiger partial charge in [0.1, 0.15) is 11.6 Å². The van der Waals surface area contributed by atoms with Gasteiger partial charge in [0.2, 0.25) is 0 Å². The van der Waals surface area contributed by atoms with Gasteiger partial charge in [0.25, 0.3) is 5.91 Å². The van der Waals surface area contributed by atoms with E-state index in [0.717, 1.165) is 11.1 Å². The third kappa shape index (κ3) is 4.47. The van der Waals surface area contributed by atoms with Crippen molar-refractivity contribution in [2.24, 2.45) is 0 Å². The number of hydrogen-bond acceptors (Lipinski definition) is 3. The molecule has 0 saturated carbocycles. The minimum Gasteiger partial charge on any atom is -0.481 e. The summed E-state index contributed by atoms with van der Waals surface area (Å²) in [5, 5.41) is 7.16. The van der Waals surface area contributed by atoms with Gasteiger partial charge < -0.3 is 10.1 Å². The minimum absolute atomic E-state index is 0.212. The lowest BCUT2D eigenvalue weighted by Crippen LogP contribution is -2.31.